The molecule has 0 aromatic carbocycles. The van der Waals surface area contributed by atoms with Crippen molar-refractivity contribution in [2.24, 2.45) is 0 Å². The molecule has 1 aromatic rings. The quantitative estimate of drug-likeness (QED) is 0.826. The van der Waals surface area contributed by atoms with Gasteiger partial charge in [-0.3, -0.25) is 0 Å². The standard InChI is InChI=1S/C13H20FN3O3S/c1-12(2,3)20-11(18)17-5-4-13(19,8(14)7-17)9-6-16-10(15)21-9/h6,8,19H,4-5,7H2,1-3H3,(H2,15,16). The number of amides is 1. The van der Waals surface area contributed by atoms with Gasteiger partial charge in [0, 0.05) is 19.2 Å². The van der Waals surface area contributed by atoms with Crippen LogP contribution in [0.2, 0.25) is 0 Å². The monoisotopic (exact) mass is 317 g/mol. The van der Waals surface area contributed by atoms with E-state index < -0.39 is 23.5 Å². The summed E-state index contributed by atoms with van der Waals surface area (Å²) in [5.74, 6) is 0. The molecule has 0 radical (unpaired) electrons. The second-order valence-electron chi connectivity index (χ2n) is 6.13. The highest BCUT2D eigenvalue weighted by atomic mass is 32.1. The highest BCUT2D eigenvalue weighted by molar-refractivity contribution is 7.15. The molecule has 1 saturated heterocycles. The third-order valence-corrected chi connectivity index (χ3v) is 4.26. The van der Waals surface area contributed by atoms with Crippen molar-refractivity contribution in [2.75, 3.05) is 18.8 Å². The van der Waals surface area contributed by atoms with Crippen LogP contribution in [0.25, 0.3) is 0 Å². The molecule has 1 fully saturated rings. The number of aliphatic hydroxyl groups is 1. The van der Waals surface area contributed by atoms with Crippen molar-refractivity contribution in [3.63, 3.8) is 0 Å². The molecule has 0 bridgehead atoms. The van der Waals surface area contributed by atoms with Gasteiger partial charge in [0.15, 0.2) is 11.3 Å². The van der Waals surface area contributed by atoms with E-state index in [2.05, 4.69) is 4.98 Å². The first-order valence-corrected chi connectivity index (χ1v) is 7.49. The van der Waals surface area contributed by atoms with Gasteiger partial charge in [0.25, 0.3) is 0 Å². The van der Waals surface area contributed by atoms with Crippen LogP contribution in [0.1, 0.15) is 32.1 Å². The summed E-state index contributed by atoms with van der Waals surface area (Å²) < 4.78 is 19.6. The predicted octanol–water partition coefficient (Wildman–Crippen LogP) is 1.89. The van der Waals surface area contributed by atoms with Crippen molar-refractivity contribution in [2.45, 2.75) is 44.6 Å². The molecular weight excluding hydrogens is 297 g/mol. The molecule has 1 amide bonds. The van der Waals surface area contributed by atoms with Crippen molar-refractivity contribution < 1.29 is 19.0 Å². The van der Waals surface area contributed by atoms with Crippen LogP contribution in [0.15, 0.2) is 6.20 Å². The summed E-state index contributed by atoms with van der Waals surface area (Å²) in [4.78, 5) is 17.4. The van der Waals surface area contributed by atoms with Gasteiger partial charge in [0.1, 0.15) is 11.2 Å². The molecule has 1 aliphatic rings. The summed E-state index contributed by atoms with van der Waals surface area (Å²) in [6.45, 7) is 5.24. The summed E-state index contributed by atoms with van der Waals surface area (Å²) in [6, 6.07) is 0. The number of hydrogen-bond donors (Lipinski definition) is 2. The Hall–Kier alpha value is -1.41. The Labute approximate surface area is 126 Å². The summed E-state index contributed by atoms with van der Waals surface area (Å²) >= 11 is 1.06. The maximum Gasteiger partial charge on any atom is 0.410 e. The summed E-state index contributed by atoms with van der Waals surface area (Å²) in [7, 11) is 0. The first-order chi connectivity index (χ1) is 9.62. The number of nitrogens with two attached hydrogens (primary N) is 1. The van der Waals surface area contributed by atoms with E-state index in [9.17, 15) is 14.3 Å². The van der Waals surface area contributed by atoms with Gasteiger partial charge in [-0.05, 0) is 20.8 Å². The fourth-order valence-corrected chi connectivity index (χ4v) is 3.00. The first-order valence-electron chi connectivity index (χ1n) is 6.68. The molecule has 0 aliphatic carbocycles. The maximum atomic E-state index is 14.4. The highest BCUT2D eigenvalue weighted by Crippen LogP contribution is 2.38. The number of aromatic nitrogens is 1. The molecule has 0 spiro atoms. The normalized spacial score (nSPS) is 26.7. The lowest BCUT2D eigenvalue weighted by Crippen LogP contribution is -2.53. The SMILES string of the molecule is CC(C)(C)OC(=O)N1CCC(O)(c2cnc(N)s2)C(F)C1. The van der Waals surface area contributed by atoms with Crippen LogP contribution in [0.4, 0.5) is 14.3 Å². The van der Waals surface area contributed by atoms with Crippen LogP contribution in [0.3, 0.4) is 0 Å². The summed E-state index contributed by atoms with van der Waals surface area (Å²) in [5.41, 5.74) is 3.24. The van der Waals surface area contributed by atoms with E-state index in [4.69, 9.17) is 10.5 Å². The second kappa shape index (κ2) is 5.42. The van der Waals surface area contributed by atoms with Crippen LogP contribution in [-0.4, -0.2) is 45.9 Å². The van der Waals surface area contributed by atoms with E-state index in [1.54, 1.807) is 20.8 Å². The predicted molar refractivity (Wildman–Crippen MR) is 77.7 cm³/mol. The van der Waals surface area contributed by atoms with Gasteiger partial charge < -0.3 is 20.5 Å². The lowest BCUT2D eigenvalue weighted by molar-refractivity contribution is -0.0885. The van der Waals surface area contributed by atoms with Crippen LogP contribution in [0, 0.1) is 0 Å². The average Bonchev–Trinajstić information content (AvgIpc) is 2.78. The Bertz CT molecular complexity index is 531. The number of piperidine rings is 1. The number of hydrogen-bond acceptors (Lipinski definition) is 6. The number of carbonyl (C=O) groups is 1. The molecule has 118 valence electrons. The third-order valence-electron chi connectivity index (χ3n) is 3.26. The zero-order valence-corrected chi connectivity index (χ0v) is 13.1. The van der Waals surface area contributed by atoms with Crippen molar-refractivity contribution >= 4 is 22.6 Å². The minimum atomic E-state index is -1.65. The van der Waals surface area contributed by atoms with Crippen LogP contribution in [0.5, 0.6) is 0 Å². The van der Waals surface area contributed by atoms with Gasteiger partial charge in [0.05, 0.1) is 11.4 Å². The number of nitrogen functional groups attached to an aromatic ring is 1. The van der Waals surface area contributed by atoms with E-state index >= 15 is 0 Å². The summed E-state index contributed by atoms with van der Waals surface area (Å²) in [5, 5.41) is 10.8. The van der Waals surface area contributed by atoms with Crippen molar-refractivity contribution in [1.82, 2.24) is 9.88 Å². The molecular formula is C13H20FN3O3S. The Balaban J connectivity index is 2.07. The van der Waals surface area contributed by atoms with E-state index in [1.165, 1.54) is 11.1 Å². The highest BCUT2D eigenvalue weighted by Gasteiger charge is 2.46. The van der Waals surface area contributed by atoms with Gasteiger partial charge in [-0.1, -0.05) is 11.3 Å². The van der Waals surface area contributed by atoms with Gasteiger partial charge in [0.2, 0.25) is 0 Å². The number of ether oxygens (including phenoxy) is 1. The molecule has 1 aliphatic heterocycles. The lowest BCUT2D eigenvalue weighted by atomic mass is 9.88. The van der Waals surface area contributed by atoms with Crippen LogP contribution in [-0.2, 0) is 10.3 Å². The van der Waals surface area contributed by atoms with Crippen molar-refractivity contribution in [3.8, 4) is 0 Å². The fourth-order valence-electron chi connectivity index (χ4n) is 2.16. The first kappa shape index (κ1) is 16.0. The number of nitrogens with zero attached hydrogens (tertiary/aromatic N) is 2. The molecule has 21 heavy (non-hydrogen) atoms. The van der Waals surface area contributed by atoms with Gasteiger partial charge >= 0.3 is 6.09 Å². The molecule has 2 atom stereocenters. The zero-order chi connectivity index (χ0) is 15.8. The fraction of sp³-hybridized carbons (Fsp3) is 0.692. The van der Waals surface area contributed by atoms with Crippen molar-refractivity contribution in [1.29, 1.82) is 0 Å². The lowest BCUT2D eigenvalue weighted by Gasteiger charge is -2.40. The molecule has 2 rings (SSSR count). The number of rotatable bonds is 1. The topological polar surface area (TPSA) is 88.7 Å². The van der Waals surface area contributed by atoms with E-state index in [1.807, 2.05) is 0 Å². The number of halogens is 1. The molecule has 2 unspecified atom stereocenters. The average molecular weight is 317 g/mol. The minimum Gasteiger partial charge on any atom is -0.444 e. The Kier molecular flexibility index (Phi) is 4.12. The number of alkyl halides is 1. The molecule has 8 heteroatoms. The third kappa shape index (κ3) is 3.44. The maximum absolute atomic E-state index is 14.4. The molecule has 2 heterocycles. The van der Waals surface area contributed by atoms with Gasteiger partial charge in [-0.2, -0.15) is 0 Å². The minimum absolute atomic E-state index is 0.0784. The van der Waals surface area contributed by atoms with E-state index in [0.717, 1.165) is 11.3 Å². The number of likely N-dealkylation sites (tertiary alicyclic amines) is 1. The Morgan fingerprint density at radius 1 is 1.67 bits per heavy atom. The Morgan fingerprint density at radius 3 is 2.81 bits per heavy atom. The molecule has 6 nitrogen and oxygen atoms in total. The number of anilines is 1. The van der Waals surface area contributed by atoms with Crippen LogP contribution < -0.4 is 5.73 Å². The van der Waals surface area contributed by atoms with Crippen molar-refractivity contribution in [3.05, 3.63) is 11.1 Å². The zero-order valence-electron chi connectivity index (χ0n) is 12.3. The molecule has 0 saturated carbocycles. The summed E-state index contributed by atoms with van der Waals surface area (Å²) in [6.07, 6.45) is -0.722. The van der Waals surface area contributed by atoms with Gasteiger partial charge in [-0.25, -0.2) is 14.2 Å². The number of carbonyl (C=O) groups excluding carboxylic acids is 1. The molecule has 1 aromatic heterocycles. The largest absolute Gasteiger partial charge is 0.444 e. The van der Waals surface area contributed by atoms with Gasteiger partial charge in [-0.15, -0.1) is 0 Å². The molecule has 3 N–H and O–H groups in total. The second-order valence-corrected chi connectivity index (χ2v) is 7.19. The Morgan fingerprint density at radius 2 is 2.33 bits per heavy atom. The number of thiazole rings is 1. The van der Waals surface area contributed by atoms with E-state index in [0.29, 0.717) is 4.88 Å². The smallest absolute Gasteiger partial charge is 0.410 e. The van der Waals surface area contributed by atoms with Crippen LogP contribution >= 0.6 is 11.3 Å². The van der Waals surface area contributed by atoms with E-state index in [-0.39, 0.29) is 24.6 Å².